The molecule has 0 saturated heterocycles. The highest BCUT2D eigenvalue weighted by molar-refractivity contribution is 9.10. The quantitative estimate of drug-likeness (QED) is 0.497. The molecular weight excluding hydrogens is 400 g/mol. The normalized spacial score (nSPS) is 11.3. The number of guanidine groups is 1. The van der Waals surface area contributed by atoms with Gasteiger partial charge in [0, 0.05) is 33.1 Å². The van der Waals surface area contributed by atoms with Crippen LogP contribution < -0.4 is 20.1 Å². The van der Waals surface area contributed by atoms with E-state index in [2.05, 4.69) is 48.7 Å². The van der Waals surface area contributed by atoms with E-state index in [-0.39, 0.29) is 0 Å². The average Bonchev–Trinajstić information content (AvgIpc) is 3.11. The largest absolute Gasteiger partial charge is 0.493 e. The molecule has 0 spiro atoms. The van der Waals surface area contributed by atoms with E-state index in [0.29, 0.717) is 18.0 Å². The lowest BCUT2D eigenvalue weighted by Gasteiger charge is -2.15. The molecule has 1 aromatic heterocycles. The Bertz CT molecular complexity index is 747. The molecule has 0 aliphatic carbocycles. The highest BCUT2D eigenvalue weighted by atomic mass is 79.9. The first-order chi connectivity index (χ1) is 12.6. The van der Waals surface area contributed by atoms with Crippen LogP contribution in [0.2, 0.25) is 0 Å². The van der Waals surface area contributed by atoms with Gasteiger partial charge in [0.2, 0.25) is 0 Å². The molecular formula is C17H25BrN6O2. The van der Waals surface area contributed by atoms with Crippen molar-refractivity contribution in [3.8, 4) is 11.5 Å². The van der Waals surface area contributed by atoms with Crippen molar-refractivity contribution in [1.82, 2.24) is 25.4 Å². The third-order valence-electron chi connectivity index (χ3n) is 3.83. The number of rotatable bonds is 8. The maximum atomic E-state index is 5.38. The number of halogens is 1. The Balaban J connectivity index is 1.90. The van der Waals surface area contributed by atoms with Crippen molar-refractivity contribution < 1.29 is 9.47 Å². The smallest absolute Gasteiger partial charge is 0.191 e. The Morgan fingerprint density at radius 3 is 2.73 bits per heavy atom. The summed E-state index contributed by atoms with van der Waals surface area (Å²) in [6.45, 7) is 4.17. The van der Waals surface area contributed by atoms with E-state index in [9.17, 15) is 0 Å². The summed E-state index contributed by atoms with van der Waals surface area (Å²) in [6.07, 6.45) is 2.61. The number of hydrogen-bond donors (Lipinski definition) is 2. The predicted octanol–water partition coefficient (Wildman–Crippen LogP) is 1.99. The summed E-state index contributed by atoms with van der Waals surface area (Å²) in [6, 6.07) is 3.93. The standard InChI is InChI=1S/C17H25BrN6O2/c1-5-15-23-22-11-24(15)7-6-20-17(19-2)21-10-12-8-13(18)16(26-4)14(9-12)25-3/h8-9,11H,5-7,10H2,1-4H3,(H2,19,20,21). The van der Waals surface area contributed by atoms with E-state index in [1.54, 1.807) is 27.6 Å². The molecule has 2 aromatic rings. The molecule has 2 rings (SSSR count). The zero-order chi connectivity index (χ0) is 18.9. The number of ether oxygens (including phenoxy) is 2. The van der Waals surface area contributed by atoms with Crippen LogP contribution >= 0.6 is 15.9 Å². The van der Waals surface area contributed by atoms with Gasteiger partial charge in [-0.1, -0.05) is 6.92 Å². The lowest BCUT2D eigenvalue weighted by atomic mass is 10.2. The van der Waals surface area contributed by atoms with Crippen molar-refractivity contribution in [2.45, 2.75) is 26.4 Å². The molecule has 8 nitrogen and oxygen atoms in total. The number of methoxy groups -OCH3 is 2. The monoisotopic (exact) mass is 424 g/mol. The van der Waals surface area contributed by atoms with Crippen LogP contribution in [0.1, 0.15) is 18.3 Å². The second-order valence-corrected chi connectivity index (χ2v) is 6.31. The molecule has 2 N–H and O–H groups in total. The van der Waals surface area contributed by atoms with Crippen LogP contribution in [0.4, 0.5) is 0 Å². The predicted molar refractivity (Wildman–Crippen MR) is 105 cm³/mol. The number of nitrogens with one attached hydrogen (secondary N) is 2. The molecule has 0 saturated carbocycles. The van der Waals surface area contributed by atoms with Crippen molar-refractivity contribution in [3.05, 3.63) is 34.3 Å². The number of benzene rings is 1. The van der Waals surface area contributed by atoms with E-state index in [1.807, 2.05) is 16.7 Å². The lowest BCUT2D eigenvalue weighted by Crippen LogP contribution is -2.38. The molecule has 0 bridgehead atoms. The van der Waals surface area contributed by atoms with Gasteiger partial charge in [0.15, 0.2) is 17.5 Å². The van der Waals surface area contributed by atoms with Crippen molar-refractivity contribution >= 4 is 21.9 Å². The van der Waals surface area contributed by atoms with Crippen molar-refractivity contribution in [3.63, 3.8) is 0 Å². The first kappa shape index (κ1) is 20.0. The van der Waals surface area contributed by atoms with E-state index in [0.717, 1.165) is 41.3 Å². The molecule has 0 amide bonds. The summed E-state index contributed by atoms with van der Waals surface area (Å²) in [4.78, 5) is 4.25. The van der Waals surface area contributed by atoms with Crippen LogP contribution in [-0.2, 0) is 19.5 Å². The summed E-state index contributed by atoms with van der Waals surface area (Å²) in [5.74, 6) is 3.06. The number of nitrogens with zero attached hydrogens (tertiary/aromatic N) is 4. The molecule has 26 heavy (non-hydrogen) atoms. The zero-order valence-electron chi connectivity index (χ0n) is 15.5. The van der Waals surface area contributed by atoms with Gasteiger partial charge in [-0.3, -0.25) is 4.99 Å². The van der Waals surface area contributed by atoms with Gasteiger partial charge >= 0.3 is 0 Å². The fourth-order valence-electron chi connectivity index (χ4n) is 2.51. The molecule has 0 atom stereocenters. The number of aryl methyl sites for hydroxylation is 1. The number of aromatic nitrogens is 3. The van der Waals surface area contributed by atoms with Gasteiger partial charge in [-0.2, -0.15) is 0 Å². The third-order valence-corrected chi connectivity index (χ3v) is 4.42. The first-order valence-electron chi connectivity index (χ1n) is 8.34. The maximum Gasteiger partial charge on any atom is 0.191 e. The van der Waals surface area contributed by atoms with E-state index < -0.39 is 0 Å². The van der Waals surface area contributed by atoms with Crippen molar-refractivity contribution in [2.24, 2.45) is 4.99 Å². The molecule has 0 aliphatic heterocycles. The molecule has 1 heterocycles. The van der Waals surface area contributed by atoms with Crippen LogP contribution in [0.5, 0.6) is 11.5 Å². The average molecular weight is 425 g/mol. The van der Waals surface area contributed by atoms with Gasteiger partial charge in [-0.25, -0.2) is 0 Å². The molecule has 0 aliphatic rings. The van der Waals surface area contributed by atoms with Gasteiger partial charge in [0.1, 0.15) is 12.2 Å². The highest BCUT2D eigenvalue weighted by Crippen LogP contribution is 2.36. The Morgan fingerprint density at radius 1 is 1.27 bits per heavy atom. The molecule has 1 aromatic carbocycles. The van der Waals surface area contributed by atoms with Crippen molar-refractivity contribution in [2.75, 3.05) is 27.8 Å². The summed E-state index contributed by atoms with van der Waals surface area (Å²) in [5.41, 5.74) is 1.05. The van der Waals surface area contributed by atoms with Crippen LogP contribution in [0.3, 0.4) is 0 Å². The molecule has 0 radical (unpaired) electrons. The highest BCUT2D eigenvalue weighted by Gasteiger charge is 2.11. The van der Waals surface area contributed by atoms with E-state index in [4.69, 9.17) is 9.47 Å². The minimum atomic E-state index is 0.603. The summed E-state index contributed by atoms with van der Waals surface area (Å²) in [7, 11) is 4.99. The Morgan fingerprint density at radius 2 is 2.08 bits per heavy atom. The lowest BCUT2D eigenvalue weighted by molar-refractivity contribution is 0.352. The van der Waals surface area contributed by atoms with Crippen molar-refractivity contribution in [1.29, 1.82) is 0 Å². The fraction of sp³-hybridized carbons (Fsp3) is 0.471. The Kier molecular flexibility index (Phi) is 7.71. The summed E-state index contributed by atoms with van der Waals surface area (Å²) < 4.78 is 13.6. The van der Waals surface area contributed by atoms with Crippen LogP contribution in [0, 0.1) is 0 Å². The van der Waals surface area contributed by atoms with Crippen LogP contribution in [0.25, 0.3) is 0 Å². The molecule has 0 fully saturated rings. The fourth-order valence-corrected chi connectivity index (χ4v) is 3.17. The third kappa shape index (κ3) is 5.10. The second-order valence-electron chi connectivity index (χ2n) is 5.46. The SMILES string of the molecule is CCc1nncn1CCNC(=NC)NCc1cc(Br)c(OC)c(OC)c1. The summed E-state index contributed by atoms with van der Waals surface area (Å²) in [5, 5.41) is 14.6. The molecule has 9 heteroatoms. The van der Waals surface area contributed by atoms with Gasteiger partial charge in [-0.05, 0) is 33.6 Å². The molecule has 142 valence electrons. The minimum absolute atomic E-state index is 0.603. The van der Waals surface area contributed by atoms with E-state index >= 15 is 0 Å². The Labute approximate surface area is 162 Å². The van der Waals surface area contributed by atoms with Crippen LogP contribution in [-0.4, -0.2) is 48.5 Å². The number of hydrogen-bond acceptors (Lipinski definition) is 5. The van der Waals surface area contributed by atoms with Gasteiger partial charge in [-0.15, -0.1) is 10.2 Å². The second kappa shape index (κ2) is 10.0. The van der Waals surface area contributed by atoms with Crippen LogP contribution in [0.15, 0.2) is 27.9 Å². The van der Waals surface area contributed by atoms with E-state index in [1.165, 1.54) is 0 Å². The first-order valence-corrected chi connectivity index (χ1v) is 9.13. The zero-order valence-corrected chi connectivity index (χ0v) is 17.1. The van der Waals surface area contributed by atoms with Gasteiger partial charge < -0.3 is 24.7 Å². The minimum Gasteiger partial charge on any atom is -0.493 e. The van der Waals surface area contributed by atoms with Gasteiger partial charge in [0.05, 0.1) is 18.7 Å². The summed E-state index contributed by atoms with van der Waals surface area (Å²) >= 11 is 3.51. The number of aliphatic imine (C=N–C) groups is 1. The topological polar surface area (TPSA) is 85.6 Å². The van der Waals surface area contributed by atoms with Gasteiger partial charge in [0.25, 0.3) is 0 Å². The Hall–Kier alpha value is -2.29. The molecule has 0 unspecified atom stereocenters. The maximum absolute atomic E-state index is 5.38.